The highest BCUT2D eigenvalue weighted by Gasteiger charge is 2.36. The fourth-order valence-electron chi connectivity index (χ4n) is 3.17. The maximum absolute atomic E-state index is 13.1. The number of nitrogens with one attached hydrogen (secondary N) is 1. The lowest BCUT2D eigenvalue weighted by atomic mass is 9.94. The molecule has 2 amide bonds. The van der Waals surface area contributed by atoms with Gasteiger partial charge in [0.15, 0.2) is 0 Å². The summed E-state index contributed by atoms with van der Waals surface area (Å²) in [5, 5.41) is 21.3. The van der Waals surface area contributed by atoms with Crippen LogP contribution in [0, 0.1) is 22.7 Å². The number of nitriles is 2. The summed E-state index contributed by atoms with van der Waals surface area (Å²) in [5.41, 5.74) is -0.0533. The van der Waals surface area contributed by atoms with Gasteiger partial charge in [-0.2, -0.15) is 23.7 Å². The molecule has 0 saturated carbocycles. The molecule has 0 saturated heterocycles. The van der Waals surface area contributed by atoms with Crippen LogP contribution in [0.25, 0.3) is 0 Å². The maximum atomic E-state index is 13.1. The second-order valence-electron chi connectivity index (χ2n) is 6.33. The topological polar surface area (TPSA) is 100 Å². The Labute approximate surface area is 174 Å². The second kappa shape index (κ2) is 8.11. The van der Waals surface area contributed by atoms with Gasteiger partial charge in [0.1, 0.15) is 0 Å². The number of benzene rings is 2. The van der Waals surface area contributed by atoms with Crippen molar-refractivity contribution in [3.05, 3.63) is 70.4 Å². The van der Waals surface area contributed by atoms with Gasteiger partial charge in [-0.05, 0) is 42.8 Å². The molecular weight excluding hydrogens is 417 g/mol. The van der Waals surface area contributed by atoms with Crippen molar-refractivity contribution >= 4 is 23.8 Å². The van der Waals surface area contributed by atoms with Crippen LogP contribution >= 0.6 is 12.0 Å². The normalized spacial score (nSPS) is 16.7. The first-order valence-electron chi connectivity index (χ1n) is 8.45. The van der Waals surface area contributed by atoms with Gasteiger partial charge in [0.05, 0.1) is 40.6 Å². The molecule has 1 aliphatic rings. The highest BCUT2D eigenvalue weighted by molar-refractivity contribution is 7.93. The summed E-state index contributed by atoms with van der Waals surface area (Å²) in [6, 6.07) is 10.9. The van der Waals surface area contributed by atoms with Gasteiger partial charge in [-0.3, -0.25) is 4.90 Å². The molecule has 0 spiro atoms. The van der Waals surface area contributed by atoms with E-state index in [0.29, 0.717) is 17.6 Å². The van der Waals surface area contributed by atoms with Crippen LogP contribution < -0.4 is 10.2 Å². The summed E-state index contributed by atoms with van der Waals surface area (Å²) < 4.78 is 48.8. The Hall–Kier alpha value is -3.47. The third-order valence-electron chi connectivity index (χ3n) is 4.59. The van der Waals surface area contributed by atoms with Crippen LogP contribution in [0.1, 0.15) is 29.7 Å². The number of alkyl halides is 3. The van der Waals surface area contributed by atoms with Crippen LogP contribution in [0.4, 0.5) is 23.7 Å². The summed E-state index contributed by atoms with van der Waals surface area (Å²) in [6.45, 7) is 1.46. The molecular formula is C20H13F3N4O2S. The quantitative estimate of drug-likeness (QED) is 0.651. The number of nitrogens with zero attached hydrogens (tertiary/aromatic N) is 3. The van der Waals surface area contributed by atoms with Gasteiger partial charge < -0.3 is 9.87 Å². The van der Waals surface area contributed by atoms with E-state index in [0.717, 1.165) is 17.0 Å². The lowest BCUT2D eigenvalue weighted by Crippen LogP contribution is -2.46. The SMILES string of the molecule is CC1=C(C#N)[C@@H](c2ccc(C#N)cc2SO)NC(=O)N1c1cccc(C(F)(F)F)c1. The number of carbonyl (C=O) groups excluding carboxylic acids is 1. The van der Waals surface area contributed by atoms with Crippen LogP contribution in [0.15, 0.2) is 58.6 Å². The Bertz CT molecular complexity index is 1130. The van der Waals surface area contributed by atoms with Crippen molar-refractivity contribution in [3.63, 3.8) is 0 Å². The van der Waals surface area contributed by atoms with Crippen molar-refractivity contribution in [2.45, 2.75) is 24.0 Å². The number of hydrogen-bond acceptors (Lipinski definition) is 5. The van der Waals surface area contributed by atoms with Crippen LogP contribution in [0.3, 0.4) is 0 Å². The van der Waals surface area contributed by atoms with E-state index in [1.54, 1.807) is 0 Å². The molecule has 0 aromatic heterocycles. The van der Waals surface area contributed by atoms with E-state index in [9.17, 15) is 27.8 Å². The molecule has 0 bridgehead atoms. The monoisotopic (exact) mass is 430 g/mol. The minimum Gasteiger partial charge on any atom is -0.326 e. The van der Waals surface area contributed by atoms with E-state index >= 15 is 0 Å². The number of rotatable bonds is 3. The highest BCUT2D eigenvalue weighted by atomic mass is 32.2. The molecule has 0 aliphatic carbocycles. The van der Waals surface area contributed by atoms with Gasteiger partial charge in [0, 0.05) is 22.6 Å². The number of halogens is 3. The van der Waals surface area contributed by atoms with Crippen LogP contribution in [0.5, 0.6) is 0 Å². The van der Waals surface area contributed by atoms with Gasteiger partial charge >= 0.3 is 12.2 Å². The van der Waals surface area contributed by atoms with Gasteiger partial charge in [-0.1, -0.05) is 12.1 Å². The lowest BCUT2D eigenvalue weighted by Gasteiger charge is -2.34. The Morgan fingerprint density at radius 3 is 2.50 bits per heavy atom. The molecule has 0 radical (unpaired) electrons. The summed E-state index contributed by atoms with van der Waals surface area (Å²) in [6.07, 6.45) is -4.59. The van der Waals surface area contributed by atoms with Crippen molar-refractivity contribution in [3.8, 4) is 12.1 Å². The molecule has 1 heterocycles. The van der Waals surface area contributed by atoms with Crippen LogP contribution in [-0.2, 0) is 6.18 Å². The van der Waals surface area contributed by atoms with Crippen molar-refractivity contribution < 1.29 is 22.5 Å². The zero-order valence-corrected chi connectivity index (χ0v) is 16.2. The average Bonchev–Trinajstić information content (AvgIpc) is 2.72. The number of urea groups is 1. The van der Waals surface area contributed by atoms with Crippen molar-refractivity contribution in [2.24, 2.45) is 0 Å². The van der Waals surface area contributed by atoms with Gasteiger partial charge in [0.2, 0.25) is 0 Å². The predicted molar refractivity (Wildman–Crippen MR) is 103 cm³/mol. The Morgan fingerprint density at radius 2 is 1.90 bits per heavy atom. The molecule has 1 atom stereocenters. The number of carbonyl (C=O) groups is 1. The van der Waals surface area contributed by atoms with Crippen molar-refractivity contribution in [1.29, 1.82) is 10.5 Å². The largest absolute Gasteiger partial charge is 0.416 e. The molecule has 10 heteroatoms. The third-order valence-corrected chi connectivity index (χ3v) is 5.14. The maximum Gasteiger partial charge on any atom is 0.416 e. The lowest BCUT2D eigenvalue weighted by molar-refractivity contribution is -0.137. The standard InChI is InChI=1S/C20H13F3N4O2S/c1-11-16(10-25)18(15-6-5-12(9-24)7-17(15)30-29)26-19(28)27(11)14-4-2-3-13(8-14)20(21,22)23/h2-8,18,29H,1H3,(H,26,28)/t18-/m1/s1. The van der Waals surface area contributed by atoms with E-state index in [2.05, 4.69) is 5.32 Å². The van der Waals surface area contributed by atoms with E-state index in [1.807, 2.05) is 12.1 Å². The van der Waals surface area contributed by atoms with Crippen molar-refractivity contribution in [1.82, 2.24) is 5.32 Å². The zero-order chi connectivity index (χ0) is 22.1. The van der Waals surface area contributed by atoms with E-state index < -0.39 is 23.8 Å². The Morgan fingerprint density at radius 1 is 1.17 bits per heavy atom. The fraction of sp³-hybridized carbons (Fsp3) is 0.150. The molecule has 30 heavy (non-hydrogen) atoms. The average molecular weight is 430 g/mol. The number of amides is 2. The second-order valence-corrected chi connectivity index (χ2v) is 6.95. The van der Waals surface area contributed by atoms with E-state index in [4.69, 9.17) is 5.26 Å². The number of hydrogen-bond donors (Lipinski definition) is 2. The summed E-state index contributed by atoms with van der Waals surface area (Å²) in [4.78, 5) is 14.1. The van der Waals surface area contributed by atoms with Crippen LogP contribution in [0.2, 0.25) is 0 Å². The first-order chi connectivity index (χ1) is 14.2. The number of anilines is 1. The first-order valence-corrected chi connectivity index (χ1v) is 9.22. The minimum absolute atomic E-state index is 0.0392. The van der Waals surface area contributed by atoms with Gasteiger partial charge in [-0.25, -0.2) is 4.79 Å². The van der Waals surface area contributed by atoms with Gasteiger partial charge in [-0.15, -0.1) is 0 Å². The molecule has 6 nitrogen and oxygen atoms in total. The molecule has 2 N–H and O–H groups in total. The summed E-state index contributed by atoms with van der Waals surface area (Å²) >= 11 is 0.362. The number of allylic oxidation sites excluding steroid dienone is 1. The minimum atomic E-state index is -4.59. The molecule has 152 valence electrons. The molecule has 3 rings (SSSR count). The zero-order valence-electron chi connectivity index (χ0n) is 15.4. The van der Waals surface area contributed by atoms with Crippen LogP contribution in [-0.4, -0.2) is 10.6 Å². The van der Waals surface area contributed by atoms with Crippen molar-refractivity contribution in [2.75, 3.05) is 4.90 Å². The summed E-state index contributed by atoms with van der Waals surface area (Å²) in [7, 11) is 0. The highest BCUT2D eigenvalue weighted by Crippen LogP contribution is 2.38. The fourth-order valence-corrected chi connectivity index (χ4v) is 3.65. The molecule has 0 unspecified atom stereocenters. The molecule has 2 aromatic rings. The Balaban J connectivity index is 2.11. The molecule has 0 fully saturated rings. The van der Waals surface area contributed by atoms with E-state index in [-0.39, 0.29) is 27.4 Å². The third kappa shape index (κ3) is 3.83. The Kier molecular flexibility index (Phi) is 5.74. The summed E-state index contributed by atoms with van der Waals surface area (Å²) in [5.74, 6) is 0. The predicted octanol–water partition coefficient (Wildman–Crippen LogP) is 5.21. The van der Waals surface area contributed by atoms with E-state index in [1.165, 1.54) is 37.3 Å². The molecule has 1 aliphatic heterocycles. The smallest absolute Gasteiger partial charge is 0.326 e. The van der Waals surface area contributed by atoms with Gasteiger partial charge in [0.25, 0.3) is 0 Å². The molecule has 2 aromatic carbocycles. The first kappa shape index (κ1) is 21.2.